The lowest BCUT2D eigenvalue weighted by molar-refractivity contribution is 0.284. The molecule has 1 N–H and O–H groups in total. The van der Waals surface area contributed by atoms with Gasteiger partial charge in [-0.05, 0) is 37.0 Å². The first-order chi connectivity index (χ1) is 6.25. The van der Waals surface area contributed by atoms with Crippen LogP contribution < -0.4 is 4.74 Å². The second-order valence-corrected chi connectivity index (χ2v) is 4.28. The molecule has 0 saturated heterocycles. The van der Waals surface area contributed by atoms with E-state index in [0.717, 1.165) is 11.1 Å². The molecule has 13 heavy (non-hydrogen) atoms. The second kappa shape index (κ2) is 3.58. The molecule has 1 saturated carbocycles. The molecule has 0 aliphatic heterocycles. The molecule has 1 aromatic carbocycles. The molecule has 0 spiro atoms. The highest BCUT2D eigenvalue weighted by molar-refractivity contribution is 9.10. The maximum absolute atomic E-state index is 9.42. The lowest BCUT2D eigenvalue weighted by Crippen LogP contribution is -1.98. The maximum Gasteiger partial charge on any atom is 0.162 e. The average molecular weight is 243 g/mol. The highest BCUT2D eigenvalue weighted by atomic mass is 79.9. The van der Waals surface area contributed by atoms with Gasteiger partial charge in [-0.1, -0.05) is 15.9 Å². The van der Waals surface area contributed by atoms with Crippen molar-refractivity contribution < 1.29 is 9.84 Å². The van der Waals surface area contributed by atoms with Crippen LogP contribution in [0.5, 0.6) is 11.5 Å². The molecule has 1 aromatic rings. The van der Waals surface area contributed by atoms with E-state index in [2.05, 4.69) is 15.9 Å². The molecule has 2 nitrogen and oxygen atoms in total. The summed E-state index contributed by atoms with van der Waals surface area (Å²) in [4.78, 5) is 0. The van der Waals surface area contributed by atoms with Gasteiger partial charge in [0.25, 0.3) is 0 Å². The summed E-state index contributed by atoms with van der Waals surface area (Å²) in [6, 6.07) is 5.21. The summed E-state index contributed by atoms with van der Waals surface area (Å²) in [5, 5.41) is 9.42. The molecule has 1 aliphatic rings. The SMILES string of the molecule is Oc1ccc(Br)cc1OCC1CC1. The van der Waals surface area contributed by atoms with Gasteiger partial charge in [0.15, 0.2) is 11.5 Å². The van der Waals surface area contributed by atoms with Crippen LogP contribution in [0.15, 0.2) is 22.7 Å². The minimum atomic E-state index is 0.212. The number of halogens is 1. The molecule has 0 amide bonds. The highest BCUT2D eigenvalue weighted by Crippen LogP contribution is 2.33. The first-order valence-corrected chi connectivity index (χ1v) is 5.16. The number of hydrogen-bond acceptors (Lipinski definition) is 2. The molecule has 3 heteroatoms. The number of benzene rings is 1. The number of phenols is 1. The molecule has 0 heterocycles. The van der Waals surface area contributed by atoms with Crippen molar-refractivity contribution in [1.29, 1.82) is 0 Å². The van der Waals surface area contributed by atoms with Crippen LogP contribution in [0.2, 0.25) is 0 Å². The van der Waals surface area contributed by atoms with Crippen LogP contribution >= 0.6 is 15.9 Å². The number of aromatic hydroxyl groups is 1. The summed E-state index contributed by atoms with van der Waals surface area (Å²) in [7, 11) is 0. The van der Waals surface area contributed by atoms with E-state index in [0.29, 0.717) is 11.7 Å². The van der Waals surface area contributed by atoms with Crippen LogP contribution in [0, 0.1) is 5.92 Å². The van der Waals surface area contributed by atoms with Gasteiger partial charge < -0.3 is 9.84 Å². The Kier molecular flexibility index (Phi) is 2.44. The summed E-state index contributed by atoms with van der Waals surface area (Å²) < 4.78 is 6.39. The Morgan fingerprint density at radius 2 is 2.23 bits per heavy atom. The largest absolute Gasteiger partial charge is 0.504 e. The third-order valence-electron chi connectivity index (χ3n) is 2.09. The van der Waals surface area contributed by atoms with Gasteiger partial charge in [-0.25, -0.2) is 0 Å². The smallest absolute Gasteiger partial charge is 0.162 e. The molecule has 0 unspecified atom stereocenters. The molecule has 70 valence electrons. The van der Waals surface area contributed by atoms with E-state index in [1.807, 2.05) is 0 Å². The predicted molar refractivity (Wildman–Crippen MR) is 54.0 cm³/mol. The van der Waals surface area contributed by atoms with Crippen molar-refractivity contribution in [1.82, 2.24) is 0 Å². The zero-order chi connectivity index (χ0) is 9.26. The molecule has 0 aromatic heterocycles. The van der Waals surface area contributed by atoms with Gasteiger partial charge in [0.05, 0.1) is 6.61 Å². The van der Waals surface area contributed by atoms with Gasteiger partial charge >= 0.3 is 0 Å². The topological polar surface area (TPSA) is 29.5 Å². The van der Waals surface area contributed by atoms with Crippen molar-refractivity contribution in [3.63, 3.8) is 0 Å². The van der Waals surface area contributed by atoms with E-state index >= 15 is 0 Å². The van der Waals surface area contributed by atoms with Crippen molar-refractivity contribution in [2.24, 2.45) is 5.92 Å². The summed E-state index contributed by atoms with van der Waals surface area (Å²) in [6.07, 6.45) is 2.52. The van der Waals surface area contributed by atoms with Crippen molar-refractivity contribution >= 4 is 15.9 Å². The van der Waals surface area contributed by atoms with Crippen LogP contribution in [0.3, 0.4) is 0 Å². The molecule has 1 fully saturated rings. The number of hydrogen-bond donors (Lipinski definition) is 1. The zero-order valence-corrected chi connectivity index (χ0v) is 8.75. The van der Waals surface area contributed by atoms with Crippen molar-refractivity contribution in [2.45, 2.75) is 12.8 Å². The Labute approximate surface area is 85.7 Å². The van der Waals surface area contributed by atoms with Gasteiger partial charge in [0, 0.05) is 4.47 Å². The Bertz CT molecular complexity index is 308. The molecule has 0 atom stereocenters. The van der Waals surface area contributed by atoms with Gasteiger partial charge in [-0.15, -0.1) is 0 Å². The third-order valence-corrected chi connectivity index (χ3v) is 2.59. The zero-order valence-electron chi connectivity index (χ0n) is 7.16. The fraction of sp³-hybridized carbons (Fsp3) is 0.400. The molecule has 0 radical (unpaired) electrons. The standard InChI is InChI=1S/C10H11BrO2/c11-8-3-4-9(12)10(5-8)13-6-7-1-2-7/h3-5,7,12H,1-2,6H2. The molecular formula is C10H11BrO2. The molecular weight excluding hydrogens is 232 g/mol. The van der Waals surface area contributed by atoms with Crippen molar-refractivity contribution in [3.05, 3.63) is 22.7 Å². The highest BCUT2D eigenvalue weighted by Gasteiger charge is 2.22. The van der Waals surface area contributed by atoms with Crippen LogP contribution in [0.4, 0.5) is 0 Å². The number of phenolic OH excluding ortho intramolecular Hbond substituents is 1. The summed E-state index contributed by atoms with van der Waals surface area (Å²) in [5.74, 6) is 1.49. The Hall–Kier alpha value is -0.700. The minimum absolute atomic E-state index is 0.212. The molecule has 2 rings (SSSR count). The monoisotopic (exact) mass is 242 g/mol. The van der Waals surface area contributed by atoms with Crippen molar-refractivity contribution in [3.8, 4) is 11.5 Å². The normalized spacial score (nSPS) is 15.8. The first kappa shape index (κ1) is 8.88. The minimum Gasteiger partial charge on any atom is -0.504 e. The number of rotatable bonds is 3. The Morgan fingerprint density at radius 3 is 2.92 bits per heavy atom. The van der Waals surface area contributed by atoms with E-state index in [-0.39, 0.29) is 5.75 Å². The van der Waals surface area contributed by atoms with E-state index in [1.165, 1.54) is 12.8 Å². The fourth-order valence-electron chi connectivity index (χ4n) is 1.10. The van der Waals surface area contributed by atoms with Crippen LogP contribution in [0.1, 0.15) is 12.8 Å². The van der Waals surface area contributed by atoms with E-state index in [1.54, 1.807) is 18.2 Å². The Morgan fingerprint density at radius 1 is 1.46 bits per heavy atom. The molecule has 1 aliphatic carbocycles. The fourth-order valence-corrected chi connectivity index (χ4v) is 1.44. The second-order valence-electron chi connectivity index (χ2n) is 3.37. The molecule has 0 bridgehead atoms. The quantitative estimate of drug-likeness (QED) is 0.884. The lowest BCUT2D eigenvalue weighted by Gasteiger charge is -2.07. The number of ether oxygens (including phenoxy) is 1. The van der Waals surface area contributed by atoms with Gasteiger partial charge in [-0.2, -0.15) is 0 Å². The lowest BCUT2D eigenvalue weighted by atomic mass is 10.3. The van der Waals surface area contributed by atoms with Crippen LogP contribution in [-0.2, 0) is 0 Å². The predicted octanol–water partition coefficient (Wildman–Crippen LogP) is 2.94. The Balaban J connectivity index is 2.03. The third kappa shape index (κ3) is 2.37. The average Bonchev–Trinajstić information content (AvgIpc) is 2.90. The van der Waals surface area contributed by atoms with Crippen LogP contribution in [0.25, 0.3) is 0 Å². The van der Waals surface area contributed by atoms with Gasteiger partial charge in [0.1, 0.15) is 0 Å². The maximum atomic E-state index is 9.42. The summed E-state index contributed by atoms with van der Waals surface area (Å²) in [5.41, 5.74) is 0. The van der Waals surface area contributed by atoms with Crippen molar-refractivity contribution in [2.75, 3.05) is 6.61 Å². The summed E-state index contributed by atoms with van der Waals surface area (Å²) >= 11 is 3.33. The van der Waals surface area contributed by atoms with Gasteiger partial charge in [0.2, 0.25) is 0 Å². The van der Waals surface area contributed by atoms with Gasteiger partial charge in [-0.3, -0.25) is 0 Å². The van der Waals surface area contributed by atoms with Crippen LogP contribution in [-0.4, -0.2) is 11.7 Å². The van der Waals surface area contributed by atoms with E-state index in [9.17, 15) is 5.11 Å². The summed E-state index contributed by atoms with van der Waals surface area (Å²) in [6.45, 7) is 0.726. The first-order valence-electron chi connectivity index (χ1n) is 4.37. The van der Waals surface area contributed by atoms with E-state index < -0.39 is 0 Å². The van der Waals surface area contributed by atoms with E-state index in [4.69, 9.17) is 4.74 Å².